The molecular formula is C25H36I2N4O6. The van der Waals surface area contributed by atoms with Gasteiger partial charge in [0.15, 0.2) is 24.8 Å². The van der Waals surface area contributed by atoms with Gasteiger partial charge in [0.25, 0.3) is 11.8 Å². The Bertz CT molecular complexity index is 1010. The van der Waals surface area contributed by atoms with Gasteiger partial charge in [0.05, 0.1) is 7.11 Å². The lowest BCUT2D eigenvalue weighted by atomic mass is 10.3. The number of rotatable bonds is 10. The quantitative estimate of drug-likeness (QED) is 0.149. The molecule has 1 N–H and O–H groups in total. The lowest BCUT2D eigenvalue weighted by Gasteiger charge is -2.16. The highest BCUT2D eigenvalue weighted by atomic mass is 127. The summed E-state index contributed by atoms with van der Waals surface area (Å²) in [7, 11) is 1.33. The molecule has 12 heteroatoms. The summed E-state index contributed by atoms with van der Waals surface area (Å²) in [6, 6.07) is 6.51. The number of carbonyl (C=O) groups is 4. The smallest absolute Gasteiger partial charge is 0.343 e. The molecule has 0 aliphatic rings. The summed E-state index contributed by atoms with van der Waals surface area (Å²) in [5.41, 5.74) is 0.618. The summed E-state index contributed by atoms with van der Waals surface area (Å²) in [5.74, 6) is -1.37. The molecule has 2 aromatic heterocycles. The Labute approximate surface area is 252 Å². The molecule has 2 amide bonds. The van der Waals surface area contributed by atoms with Gasteiger partial charge in [0, 0.05) is 38.3 Å². The van der Waals surface area contributed by atoms with E-state index < -0.39 is 11.9 Å². The predicted octanol–water partition coefficient (Wildman–Crippen LogP) is -4.82. The van der Waals surface area contributed by atoms with Crippen LogP contribution >= 0.6 is 0 Å². The van der Waals surface area contributed by atoms with Crippen LogP contribution in [0.5, 0.6) is 0 Å². The number of hydrogen-bond donors (Lipinski definition) is 1. The van der Waals surface area contributed by atoms with Crippen molar-refractivity contribution >= 4 is 23.8 Å². The molecule has 2 heterocycles. The van der Waals surface area contributed by atoms with E-state index >= 15 is 0 Å². The molecule has 0 aromatic carbocycles. The number of carboxylic acids is 1. The van der Waals surface area contributed by atoms with Crippen molar-refractivity contribution in [3.05, 3.63) is 60.2 Å². The molecule has 0 fully saturated rings. The largest absolute Gasteiger partial charge is 1.00 e. The highest BCUT2D eigenvalue weighted by Crippen LogP contribution is 1.98. The first-order valence-electron chi connectivity index (χ1n) is 11.6. The van der Waals surface area contributed by atoms with E-state index in [0.717, 1.165) is 0 Å². The number of esters is 1. The second-order valence-electron chi connectivity index (χ2n) is 7.46. The number of pyridine rings is 2. The third kappa shape index (κ3) is 12.6. The van der Waals surface area contributed by atoms with Crippen LogP contribution in [-0.4, -0.2) is 71.9 Å². The topological polar surface area (TPSA) is 112 Å². The molecule has 0 aliphatic carbocycles. The normalized spacial score (nSPS) is 9.43. The van der Waals surface area contributed by atoms with Gasteiger partial charge < -0.3 is 67.6 Å². The Balaban J connectivity index is 0. The maximum Gasteiger partial charge on any atom is 0.343 e. The van der Waals surface area contributed by atoms with Crippen LogP contribution in [0.4, 0.5) is 0 Å². The van der Waals surface area contributed by atoms with Crippen LogP contribution in [0.1, 0.15) is 48.4 Å². The number of amides is 2. The number of nitrogens with zero attached hydrogens (tertiary/aromatic N) is 4. The number of carbonyl (C=O) groups excluding carboxylic acids is 3. The molecule has 0 saturated heterocycles. The molecule has 37 heavy (non-hydrogen) atoms. The van der Waals surface area contributed by atoms with E-state index in [4.69, 9.17) is 5.11 Å². The fourth-order valence-corrected chi connectivity index (χ4v) is 3.27. The predicted molar refractivity (Wildman–Crippen MR) is 127 cm³/mol. The van der Waals surface area contributed by atoms with Crippen molar-refractivity contribution in [3.8, 4) is 0 Å². The zero-order chi connectivity index (χ0) is 26.4. The number of halogens is 2. The summed E-state index contributed by atoms with van der Waals surface area (Å²) in [6.07, 6.45) is 6.53. The van der Waals surface area contributed by atoms with E-state index in [1.54, 1.807) is 55.7 Å². The maximum absolute atomic E-state index is 11.9. The lowest BCUT2D eigenvalue weighted by molar-refractivity contribution is -0.685. The molecule has 0 unspecified atom stereocenters. The minimum Gasteiger partial charge on any atom is -1.00 e. The molecule has 0 saturated carbocycles. The first-order chi connectivity index (χ1) is 16.7. The van der Waals surface area contributed by atoms with E-state index in [0.29, 0.717) is 31.7 Å². The van der Waals surface area contributed by atoms with Gasteiger partial charge in [-0.3, -0.25) is 9.59 Å². The van der Waals surface area contributed by atoms with E-state index in [9.17, 15) is 19.2 Å². The van der Waals surface area contributed by atoms with Crippen LogP contribution in [-0.2, 0) is 27.4 Å². The molecule has 2 aromatic rings. The van der Waals surface area contributed by atoms with E-state index in [2.05, 4.69) is 4.74 Å². The number of ether oxygens (including phenoxy) is 1. The molecule has 0 aliphatic heterocycles. The molecular weight excluding hydrogens is 706 g/mol. The Morgan fingerprint density at radius 2 is 1.14 bits per heavy atom. The number of methoxy groups -OCH3 is 1. The van der Waals surface area contributed by atoms with Gasteiger partial charge in [-0.25, -0.2) is 9.59 Å². The van der Waals surface area contributed by atoms with Crippen molar-refractivity contribution in [2.24, 2.45) is 0 Å². The summed E-state index contributed by atoms with van der Waals surface area (Å²) in [6.45, 7) is 10.8. The van der Waals surface area contributed by atoms with Crippen molar-refractivity contribution in [1.29, 1.82) is 0 Å². The van der Waals surface area contributed by atoms with Crippen LogP contribution in [0.3, 0.4) is 0 Å². The third-order valence-corrected chi connectivity index (χ3v) is 5.25. The Hall–Kier alpha value is -2.36. The number of likely N-dealkylation sites (N-methyl/N-ethyl adjacent to an activating group) is 2. The molecule has 2 rings (SSSR count). The number of aromatic carboxylic acids is 1. The first kappa shape index (κ1) is 36.8. The molecule has 10 nitrogen and oxygen atoms in total. The minimum atomic E-state index is -0.991. The molecule has 0 spiro atoms. The van der Waals surface area contributed by atoms with E-state index in [1.165, 1.54) is 19.4 Å². The summed E-state index contributed by atoms with van der Waals surface area (Å²) < 4.78 is 7.91. The van der Waals surface area contributed by atoms with Crippen molar-refractivity contribution < 1.29 is 86.1 Å². The second-order valence-corrected chi connectivity index (χ2v) is 7.46. The third-order valence-electron chi connectivity index (χ3n) is 5.25. The number of hydrogen-bond acceptors (Lipinski definition) is 5. The fourth-order valence-electron chi connectivity index (χ4n) is 3.27. The SMILES string of the molecule is CCN(CC)C(=O)C[n+]1cccc(C(=O)O)c1.CCN(CC)C(=O)C[n+]1cccc(C(=O)OC)c1.[I-].[I-]. The van der Waals surface area contributed by atoms with Crippen molar-refractivity contribution in [2.45, 2.75) is 40.8 Å². The zero-order valence-electron chi connectivity index (χ0n) is 21.9. The average Bonchev–Trinajstić information content (AvgIpc) is 2.85. The average molecular weight is 742 g/mol. The van der Waals surface area contributed by atoms with Crippen LogP contribution < -0.4 is 57.1 Å². The highest BCUT2D eigenvalue weighted by Gasteiger charge is 2.18. The summed E-state index contributed by atoms with van der Waals surface area (Å²) >= 11 is 0. The van der Waals surface area contributed by atoms with E-state index in [-0.39, 0.29) is 78.4 Å². The van der Waals surface area contributed by atoms with Crippen LogP contribution in [0, 0.1) is 0 Å². The molecule has 206 valence electrons. The van der Waals surface area contributed by atoms with Crippen molar-refractivity contribution in [3.63, 3.8) is 0 Å². The van der Waals surface area contributed by atoms with Gasteiger partial charge in [-0.05, 0) is 39.8 Å². The fraction of sp³-hybridized carbons (Fsp3) is 0.440. The van der Waals surface area contributed by atoms with Gasteiger partial charge >= 0.3 is 11.9 Å². The van der Waals surface area contributed by atoms with Crippen molar-refractivity contribution in [2.75, 3.05) is 33.3 Å². The molecule has 0 atom stereocenters. The Morgan fingerprint density at radius 3 is 1.49 bits per heavy atom. The lowest BCUT2D eigenvalue weighted by Crippen LogP contribution is -3.00. The van der Waals surface area contributed by atoms with Gasteiger partial charge in [0.2, 0.25) is 13.1 Å². The second kappa shape index (κ2) is 19.7. The van der Waals surface area contributed by atoms with Crippen LogP contribution in [0.15, 0.2) is 49.1 Å². The summed E-state index contributed by atoms with van der Waals surface area (Å²) in [5, 5.41) is 8.84. The molecule has 0 bridgehead atoms. The van der Waals surface area contributed by atoms with Crippen molar-refractivity contribution in [1.82, 2.24) is 9.80 Å². The van der Waals surface area contributed by atoms with Crippen LogP contribution in [0.25, 0.3) is 0 Å². The Morgan fingerprint density at radius 1 is 0.757 bits per heavy atom. The van der Waals surface area contributed by atoms with Gasteiger partial charge in [0.1, 0.15) is 11.1 Å². The highest BCUT2D eigenvalue weighted by molar-refractivity contribution is 5.88. The molecule has 0 radical (unpaired) electrons. The summed E-state index contributed by atoms with van der Waals surface area (Å²) in [4.78, 5) is 49.3. The number of carboxylic acid groups (broad SMARTS) is 1. The number of aromatic nitrogens is 2. The standard InChI is InChI=1S/C13H19N2O3.C12H16N2O3.2HI/c1-4-15(5-2)12(16)10-14-8-6-7-11(9-14)13(17)18-3;1-3-14(4-2)11(15)9-13-7-5-6-10(8-13)12(16)17;;/h6-9H,4-5,10H2,1-3H3;5-8H,3-4,9H2,1-2H3;2*1H/q+1;;;/p-1. The van der Waals surface area contributed by atoms with Gasteiger partial charge in [-0.15, -0.1) is 0 Å². The minimum absolute atomic E-state index is 0. The van der Waals surface area contributed by atoms with Crippen LogP contribution in [0.2, 0.25) is 0 Å². The Kier molecular flexibility index (Phi) is 19.6. The van der Waals surface area contributed by atoms with E-state index in [1.807, 2.05) is 27.7 Å². The first-order valence-corrected chi connectivity index (χ1v) is 11.6. The van der Waals surface area contributed by atoms with Gasteiger partial charge in [-0.2, -0.15) is 9.13 Å². The zero-order valence-corrected chi connectivity index (χ0v) is 26.2. The maximum atomic E-state index is 11.9. The monoisotopic (exact) mass is 742 g/mol. The van der Waals surface area contributed by atoms with Gasteiger partial charge in [-0.1, -0.05) is 0 Å².